The number of imide groups is 1. The number of nitro groups is 1. The molecule has 11 heteroatoms. The Kier molecular flexibility index (Phi) is 5.48. The second kappa shape index (κ2) is 8.54. The van der Waals surface area contributed by atoms with E-state index in [1.54, 1.807) is 30.3 Å². The highest BCUT2D eigenvalue weighted by atomic mass is 16.6. The first-order valence-corrected chi connectivity index (χ1v) is 11.0. The number of benzene rings is 2. The number of non-ortho nitro benzene ring substituents is 1. The molecule has 1 aromatic heterocycles. The first kappa shape index (κ1) is 23.1. The number of aromatic hydroxyl groups is 1. The Hall–Kier alpha value is -4.64. The molecule has 2 aliphatic heterocycles. The van der Waals surface area contributed by atoms with Crippen LogP contribution in [0.1, 0.15) is 17.3 Å². The lowest BCUT2D eigenvalue weighted by atomic mass is 9.76. The number of phenolic OH excluding ortho intramolecular Hbond substituents is 1. The van der Waals surface area contributed by atoms with Gasteiger partial charge in [0.05, 0.1) is 34.2 Å². The van der Waals surface area contributed by atoms with Crippen LogP contribution in [0.25, 0.3) is 0 Å². The highest BCUT2D eigenvalue weighted by molar-refractivity contribution is 6.24. The molecule has 11 nitrogen and oxygen atoms in total. The third kappa shape index (κ3) is 3.57. The lowest BCUT2D eigenvalue weighted by Crippen LogP contribution is -2.57. The molecule has 4 unspecified atom stereocenters. The van der Waals surface area contributed by atoms with Gasteiger partial charge < -0.3 is 10.2 Å². The molecule has 2 saturated heterocycles. The maximum Gasteiger partial charge on any atom is 0.325 e. The van der Waals surface area contributed by atoms with Gasteiger partial charge in [0.1, 0.15) is 11.3 Å². The monoisotopic (exact) mass is 488 g/mol. The number of fused-ring (bicyclic) bond motifs is 1. The summed E-state index contributed by atoms with van der Waals surface area (Å²) in [5.74, 6) is -5.19. The van der Waals surface area contributed by atoms with Crippen LogP contribution in [-0.2, 0) is 20.8 Å². The number of pyridine rings is 1. The van der Waals surface area contributed by atoms with Crippen molar-refractivity contribution in [1.82, 2.24) is 10.3 Å². The van der Waals surface area contributed by atoms with Gasteiger partial charge in [-0.05, 0) is 35.9 Å². The smallest absolute Gasteiger partial charge is 0.325 e. The predicted molar refractivity (Wildman–Crippen MR) is 125 cm³/mol. The molecule has 5 rings (SSSR count). The Balaban J connectivity index is 1.65. The Morgan fingerprint density at radius 2 is 1.83 bits per heavy atom. The fraction of sp³-hybridized carbons (Fsp3) is 0.200. The zero-order chi connectivity index (χ0) is 25.6. The number of phenols is 1. The molecule has 2 aliphatic rings. The molecule has 4 atom stereocenters. The number of aliphatic carboxylic acids is 1. The highest BCUT2D eigenvalue weighted by Gasteiger charge is 2.69. The minimum Gasteiger partial charge on any atom is -0.508 e. The van der Waals surface area contributed by atoms with Crippen LogP contribution >= 0.6 is 0 Å². The summed E-state index contributed by atoms with van der Waals surface area (Å²) in [4.78, 5) is 56.1. The number of carboxylic acid groups (broad SMARTS) is 1. The van der Waals surface area contributed by atoms with Gasteiger partial charge in [-0.1, -0.05) is 24.3 Å². The topological polar surface area (TPSA) is 163 Å². The Morgan fingerprint density at radius 1 is 1.08 bits per heavy atom. The number of carboxylic acids is 1. The average Bonchev–Trinajstić information content (AvgIpc) is 3.35. The van der Waals surface area contributed by atoms with Crippen molar-refractivity contribution < 1.29 is 29.5 Å². The first-order valence-electron chi connectivity index (χ1n) is 11.0. The van der Waals surface area contributed by atoms with Crippen molar-refractivity contribution in [3.8, 4) is 5.75 Å². The van der Waals surface area contributed by atoms with E-state index in [4.69, 9.17) is 0 Å². The summed E-state index contributed by atoms with van der Waals surface area (Å²) in [5, 5.41) is 34.4. The van der Waals surface area contributed by atoms with Crippen LogP contribution in [-0.4, -0.2) is 43.4 Å². The molecule has 2 amide bonds. The summed E-state index contributed by atoms with van der Waals surface area (Å²) in [6.45, 7) is 0. The highest BCUT2D eigenvalue weighted by Crippen LogP contribution is 2.50. The van der Waals surface area contributed by atoms with E-state index < -0.39 is 46.1 Å². The Bertz CT molecular complexity index is 1380. The van der Waals surface area contributed by atoms with Gasteiger partial charge in [0.15, 0.2) is 0 Å². The molecule has 3 aromatic rings. The van der Waals surface area contributed by atoms with E-state index in [1.165, 1.54) is 36.5 Å². The molecule has 3 N–H and O–H groups in total. The molecule has 2 aromatic carbocycles. The van der Waals surface area contributed by atoms with Crippen molar-refractivity contribution in [2.45, 2.75) is 18.0 Å². The van der Waals surface area contributed by atoms with Crippen molar-refractivity contribution >= 4 is 29.2 Å². The molecule has 182 valence electrons. The number of hydrogen-bond donors (Lipinski definition) is 3. The molecule has 3 heterocycles. The quantitative estimate of drug-likeness (QED) is 0.268. The second-order valence-corrected chi connectivity index (χ2v) is 8.79. The van der Waals surface area contributed by atoms with E-state index in [1.807, 2.05) is 0 Å². The molecule has 0 bridgehead atoms. The first-order chi connectivity index (χ1) is 17.2. The van der Waals surface area contributed by atoms with E-state index in [2.05, 4.69) is 10.3 Å². The summed E-state index contributed by atoms with van der Waals surface area (Å²) >= 11 is 0. The number of rotatable bonds is 6. The minimum absolute atomic E-state index is 0.00251. The summed E-state index contributed by atoms with van der Waals surface area (Å²) in [5.41, 5.74) is -1.28. The number of amides is 2. The number of carbonyl (C=O) groups excluding carboxylic acids is 2. The number of nitrogens with zero attached hydrogens (tertiary/aromatic N) is 3. The molecule has 2 fully saturated rings. The SMILES string of the molecule is O=C1C2C(c3ccccn3)NC(Cc3ccc(O)cc3)(C(=O)O)C2C(=O)N1c1cccc([N+](=O)[O-])c1. The van der Waals surface area contributed by atoms with E-state index >= 15 is 0 Å². The third-order valence-electron chi connectivity index (χ3n) is 6.76. The fourth-order valence-electron chi connectivity index (χ4n) is 5.19. The van der Waals surface area contributed by atoms with Crippen LogP contribution in [0.4, 0.5) is 11.4 Å². The minimum atomic E-state index is -1.88. The zero-order valence-corrected chi connectivity index (χ0v) is 18.6. The lowest BCUT2D eigenvalue weighted by Gasteiger charge is -2.31. The van der Waals surface area contributed by atoms with Crippen molar-refractivity contribution in [2.75, 3.05) is 4.90 Å². The zero-order valence-electron chi connectivity index (χ0n) is 18.6. The number of anilines is 1. The maximum atomic E-state index is 13.8. The van der Waals surface area contributed by atoms with E-state index in [-0.39, 0.29) is 23.5 Å². The summed E-state index contributed by atoms with van der Waals surface area (Å²) in [6.07, 6.45) is 1.35. The van der Waals surface area contributed by atoms with Gasteiger partial charge in [0.25, 0.3) is 5.69 Å². The van der Waals surface area contributed by atoms with Gasteiger partial charge >= 0.3 is 5.97 Å². The molecule has 0 aliphatic carbocycles. The van der Waals surface area contributed by atoms with Crippen LogP contribution < -0.4 is 10.2 Å². The summed E-state index contributed by atoms with van der Waals surface area (Å²) < 4.78 is 0. The van der Waals surface area contributed by atoms with Gasteiger partial charge in [0.2, 0.25) is 11.8 Å². The van der Waals surface area contributed by atoms with Gasteiger partial charge in [-0.15, -0.1) is 0 Å². The lowest BCUT2D eigenvalue weighted by molar-refractivity contribution is -0.384. The van der Waals surface area contributed by atoms with Crippen LogP contribution in [0.2, 0.25) is 0 Å². The molecular weight excluding hydrogens is 468 g/mol. The van der Waals surface area contributed by atoms with Gasteiger partial charge in [-0.3, -0.25) is 34.8 Å². The second-order valence-electron chi connectivity index (χ2n) is 8.79. The number of hydrogen-bond acceptors (Lipinski definition) is 8. The Morgan fingerprint density at radius 3 is 2.47 bits per heavy atom. The van der Waals surface area contributed by atoms with Crippen LogP contribution in [0.5, 0.6) is 5.75 Å². The van der Waals surface area contributed by atoms with E-state index in [0.717, 1.165) is 11.0 Å². The number of nitro benzene ring substituents is 1. The largest absolute Gasteiger partial charge is 0.508 e. The van der Waals surface area contributed by atoms with E-state index in [9.17, 15) is 34.7 Å². The summed E-state index contributed by atoms with van der Waals surface area (Å²) in [7, 11) is 0. The number of carbonyl (C=O) groups is 3. The van der Waals surface area contributed by atoms with Gasteiger partial charge in [-0.2, -0.15) is 0 Å². The third-order valence-corrected chi connectivity index (χ3v) is 6.76. The predicted octanol–water partition coefficient (Wildman–Crippen LogP) is 2.21. The van der Waals surface area contributed by atoms with Crippen LogP contribution in [0, 0.1) is 22.0 Å². The van der Waals surface area contributed by atoms with Gasteiger partial charge in [-0.25, -0.2) is 4.90 Å². The fourth-order valence-corrected chi connectivity index (χ4v) is 5.19. The summed E-state index contributed by atoms with van der Waals surface area (Å²) in [6, 6.07) is 15.1. The van der Waals surface area contributed by atoms with Crippen molar-refractivity contribution in [3.63, 3.8) is 0 Å². The molecule has 0 saturated carbocycles. The molecule has 36 heavy (non-hydrogen) atoms. The molecular formula is C25H20N4O7. The van der Waals surface area contributed by atoms with Crippen LogP contribution in [0.3, 0.4) is 0 Å². The van der Waals surface area contributed by atoms with E-state index in [0.29, 0.717) is 11.3 Å². The Labute approximate surface area is 204 Å². The number of nitrogens with one attached hydrogen (secondary N) is 1. The van der Waals surface area contributed by atoms with Gasteiger partial charge in [0, 0.05) is 24.8 Å². The average molecular weight is 488 g/mol. The molecule has 0 spiro atoms. The van der Waals surface area contributed by atoms with Crippen molar-refractivity contribution in [1.29, 1.82) is 0 Å². The maximum absolute atomic E-state index is 13.8. The standard InChI is InChI=1S/C25H20N4O7/c30-17-9-7-14(8-10-17)13-25(24(33)34)20-19(21(27-25)18-6-1-2-11-26-18)22(31)28(23(20)32)15-4-3-5-16(12-15)29(35)36/h1-12,19-21,27,30H,13H2,(H,33,34). The number of aromatic nitrogens is 1. The normalized spacial score (nSPS) is 25.1. The van der Waals surface area contributed by atoms with Crippen molar-refractivity contribution in [3.05, 3.63) is 94.3 Å². The molecule has 0 radical (unpaired) electrons. The van der Waals surface area contributed by atoms with Crippen LogP contribution in [0.15, 0.2) is 72.9 Å². The van der Waals surface area contributed by atoms with Crippen molar-refractivity contribution in [2.24, 2.45) is 11.8 Å².